The van der Waals surface area contributed by atoms with Crippen molar-refractivity contribution in [2.75, 3.05) is 0 Å². The third-order valence-electron chi connectivity index (χ3n) is 2.37. The minimum Gasteiger partial charge on any atom is -0.324 e. The summed E-state index contributed by atoms with van der Waals surface area (Å²) >= 11 is 5.92. The quantitative estimate of drug-likeness (QED) is 0.804. The lowest BCUT2D eigenvalue weighted by molar-refractivity contribution is 0.483. The van der Waals surface area contributed by atoms with Crippen molar-refractivity contribution in [3.05, 3.63) is 34.1 Å². The van der Waals surface area contributed by atoms with Gasteiger partial charge in [-0.25, -0.2) is 4.39 Å². The smallest absolute Gasteiger partial charge is 0.132 e. The Bertz CT molecular complexity index is 336. The van der Waals surface area contributed by atoms with Crippen LogP contribution in [0.15, 0.2) is 12.1 Å². The first-order chi connectivity index (χ1) is 6.45. The molecule has 1 rings (SSSR count). The Balaban J connectivity index is 3.25. The van der Waals surface area contributed by atoms with Crippen LogP contribution in [0.25, 0.3) is 0 Å². The molecule has 1 aromatic rings. The number of benzene rings is 1. The molecule has 0 saturated heterocycles. The fourth-order valence-electron chi connectivity index (χ4n) is 1.32. The molecule has 0 amide bonds. The molecule has 3 heteroatoms. The Hall–Kier alpha value is -0.600. The molecular formula is C11H15ClFN. The summed E-state index contributed by atoms with van der Waals surface area (Å²) in [4.78, 5) is 0. The molecule has 78 valence electrons. The van der Waals surface area contributed by atoms with Gasteiger partial charge in [-0.1, -0.05) is 31.5 Å². The molecule has 0 aliphatic heterocycles. The number of hydrogen-bond donors (Lipinski definition) is 1. The van der Waals surface area contributed by atoms with Crippen LogP contribution in [0, 0.1) is 18.7 Å². The average Bonchev–Trinajstić information content (AvgIpc) is 2.12. The highest BCUT2D eigenvalue weighted by Crippen LogP contribution is 2.30. The molecule has 0 aliphatic rings. The van der Waals surface area contributed by atoms with Gasteiger partial charge in [-0.3, -0.25) is 0 Å². The van der Waals surface area contributed by atoms with Crippen LogP contribution in [0.1, 0.15) is 31.0 Å². The molecule has 1 atom stereocenters. The van der Waals surface area contributed by atoms with E-state index in [1.807, 2.05) is 13.8 Å². The summed E-state index contributed by atoms with van der Waals surface area (Å²) in [5.41, 5.74) is 6.90. The number of hydrogen-bond acceptors (Lipinski definition) is 1. The van der Waals surface area contributed by atoms with Crippen LogP contribution in [-0.2, 0) is 0 Å². The lowest BCUT2D eigenvalue weighted by atomic mass is 9.95. The van der Waals surface area contributed by atoms with Crippen molar-refractivity contribution in [1.29, 1.82) is 0 Å². The van der Waals surface area contributed by atoms with E-state index < -0.39 is 0 Å². The largest absolute Gasteiger partial charge is 0.324 e. The molecule has 0 spiro atoms. The summed E-state index contributed by atoms with van der Waals surface area (Å²) < 4.78 is 13.7. The SMILES string of the molecule is Cc1ccc(Cl)c([C@H](N)C(C)C)c1F. The maximum atomic E-state index is 13.7. The van der Waals surface area contributed by atoms with Crippen LogP contribution in [-0.4, -0.2) is 0 Å². The molecule has 0 radical (unpaired) electrons. The monoisotopic (exact) mass is 215 g/mol. The van der Waals surface area contributed by atoms with Crippen LogP contribution in [0.2, 0.25) is 5.02 Å². The highest BCUT2D eigenvalue weighted by atomic mass is 35.5. The summed E-state index contributed by atoms with van der Waals surface area (Å²) in [5, 5.41) is 0.411. The van der Waals surface area contributed by atoms with E-state index in [0.717, 1.165) is 0 Å². The van der Waals surface area contributed by atoms with E-state index in [4.69, 9.17) is 17.3 Å². The molecule has 0 aliphatic carbocycles. The van der Waals surface area contributed by atoms with Gasteiger partial charge in [-0.2, -0.15) is 0 Å². The number of rotatable bonds is 2. The van der Waals surface area contributed by atoms with Gasteiger partial charge in [0.25, 0.3) is 0 Å². The molecule has 0 aromatic heterocycles. The standard InChI is InChI=1S/C11H15ClFN/c1-6(2)11(14)9-8(12)5-4-7(3)10(9)13/h4-6,11H,14H2,1-3H3/t11-/m1/s1. The van der Waals surface area contributed by atoms with E-state index in [1.165, 1.54) is 0 Å². The Morgan fingerprint density at radius 3 is 2.43 bits per heavy atom. The van der Waals surface area contributed by atoms with Crippen LogP contribution < -0.4 is 5.73 Å². The van der Waals surface area contributed by atoms with Crippen LogP contribution in [0.4, 0.5) is 4.39 Å². The molecule has 1 nitrogen and oxygen atoms in total. The van der Waals surface area contributed by atoms with Crippen molar-refractivity contribution in [2.24, 2.45) is 11.7 Å². The zero-order valence-electron chi connectivity index (χ0n) is 8.64. The Labute approximate surface area is 89.1 Å². The lowest BCUT2D eigenvalue weighted by Crippen LogP contribution is -2.19. The van der Waals surface area contributed by atoms with E-state index in [2.05, 4.69) is 0 Å². The minimum absolute atomic E-state index is 0.170. The maximum Gasteiger partial charge on any atom is 0.132 e. The fraction of sp³-hybridized carbons (Fsp3) is 0.455. The zero-order chi connectivity index (χ0) is 10.9. The second-order valence-electron chi connectivity index (χ2n) is 3.86. The van der Waals surface area contributed by atoms with Gasteiger partial charge in [0.2, 0.25) is 0 Å². The first-order valence-corrected chi connectivity index (χ1v) is 5.03. The normalized spacial score (nSPS) is 13.4. The van der Waals surface area contributed by atoms with E-state index in [1.54, 1.807) is 19.1 Å². The molecule has 0 unspecified atom stereocenters. The zero-order valence-corrected chi connectivity index (χ0v) is 9.40. The van der Waals surface area contributed by atoms with Crippen molar-refractivity contribution in [3.63, 3.8) is 0 Å². The summed E-state index contributed by atoms with van der Waals surface area (Å²) in [5.74, 6) is -0.109. The van der Waals surface area contributed by atoms with Gasteiger partial charge in [-0.15, -0.1) is 0 Å². The third kappa shape index (κ3) is 2.07. The molecule has 0 heterocycles. The average molecular weight is 216 g/mol. The van der Waals surface area contributed by atoms with Gasteiger partial charge < -0.3 is 5.73 Å². The molecule has 0 fully saturated rings. The summed E-state index contributed by atoms with van der Waals surface area (Å²) in [7, 11) is 0. The van der Waals surface area contributed by atoms with Crippen molar-refractivity contribution >= 4 is 11.6 Å². The van der Waals surface area contributed by atoms with E-state index in [0.29, 0.717) is 16.1 Å². The number of aryl methyl sites for hydroxylation is 1. The van der Waals surface area contributed by atoms with Gasteiger partial charge in [-0.05, 0) is 24.5 Å². The lowest BCUT2D eigenvalue weighted by Gasteiger charge is -2.19. The second kappa shape index (κ2) is 4.28. The third-order valence-corrected chi connectivity index (χ3v) is 2.70. The Morgan fingerprint density at radius 1 is 1.36 bits per heavy atom. The van der Waals surface area contributed by atoms with Crippen LogP contribution >= 0.6 is 11.6 Å². The number of nitrogens with two attached hydrogens (primary N) is 1. The Kier molecular flexibility index (Phi) is 3.51. The van der Waals surface area contributed by atoms with Crippen molar-refractivity contribution < 1.29 is 4.39 Å². The summed E-state index contributed by atoms with van der Waals surface area (Å²) in [6, 6.07) is 3.01. The molecule has 2 N–H and O–H groups in total. The van der Waals surface area contributed by atoms with Crippen LogP contribution in [0.5, 0.6) is 0 Å². The van der Waals surface area contributed by atoms with Gasteiger partial charge in [0, 0.05) is 16.6 Å². The molecular weight excluding hydrogens is 201 g/mol. The predicted molar refractivity (Wildman–Crippen MR) is 57.9 cm³/mol. The predicted octanol–water partition coefficient (Wildman–Crippen LogP) is 3.44. The van der Waals surface area contributed by atoms with E-state index >= 15 is 0 Å². The van der Waals surface area contributed by atoms with Crippen molar-refractivity contribution in [3.8, 4) is 0 Å². The second-order valence-corrected chi connectivity index (χ2v) is 4.27. The summed E-state index contributed by atoms with van der Waals surface area (Å²) in [6.45, 7) is 5.60. The molecule has 0 bridgehead atoms. The topological polar surface area (TPSA) is 26.0 Å². The highest BCUT2D eigenvalue weighted by Gasteiger charge is 2.19. The van der Waals surface area contributed by atoms with Gasteiger partial charge in [0.1, 0.15) is 5.82 Å². The first kappa shape index (κ1) is 11.5. The minimum atomic E-state index is -0.345. The summed E-state index contributed by atoms with van der Waals surface area (Å²) in [6.07, 6.45) is 0. The van der Waals surface area contributed by atoms with Crippen molar-refractivity contribution in [2.45, 2.75) is 26.8 Å². The maximum absolute atomic E-state index is 13.7. The molecule has 0 saturated carbocycles. The van der Waals surface area contributed by atoms with E-state index in [-0.39, 0.29) is 17.8 Å². The van der Waals surface area contributed by atoms with Crippen molar-refractivity contribution in [1.82, 2.24) is 0 Å². The van der Waals surface area contributed by atoms with Gasteiger partial charge >= 0.3 is 0 Å². The fourth-order valence-corrected chi connectivity index (χ4v) is 1.59. The van der Waals surface area contributed by atoms with Crippen LogP contribution in [0.3, 0.4) is 0 Å². The molecule has 14 heavy (non-hydrogen) atoms. The molecule has 1 aromatic carbocycles. The van der Waals surface area contributed by atoms with E-state index in [9.17, 15) is 4.39 Å². The highest BCUT2D eigenvalue weighted by molar-refractivity contribution is 6.31. The van der Waals surface area contributed by atoms with Gasteiger partial charge in [0.15, 0.2) is 0 Å². The Morgan fingerprint density at radius 2 is 1.93 bits per heavy atom. The van der Waals surface area contributed by atoms with Gasteiger partial charge in [0.05, 0.1) is 0 Å². The number of halogens is 2. The first-order valence-electron chi connectivity index (χ1n) is 4.65.